The van der Waals surface area contributed by atoms with E-state index >= 15 is 0 Å². The van der Waals surface area contributed by atoms with E-state index in [-0.39, 0.29) is 18.1 Å². The van der Waals surface area contributed by atoms with Gasteiger partial charge in [-0.15, -0.1) is 0 Å². The molecule has 2 heterocycles. The van der Waals surface area contributed by atoms with Gasteiger partial charge in [0, 0.05) is 13.1 Å². The van der Waals surface area contributed by atoms with Crippen molar-refractivity contribution in [3.63, 3.8) is 0 Å². The van der Waals surface area contributed by atoms with Crippen LogP contribution >= 0.6 is 0 Å². The number of nitrogens with zero attached hydrogens (tertiary/aromatic N) is 3. The zero-order valence-electron chi connectivity index (χ0n) is 21.0. The second-order valence-corrected chi connectivity index (χ2v) is 9.65. The van der Waals surface area contributed by atoms with Crippen molar-refractivity contribution in [2.75, 3.05) is 23.7 Å². The van der Waals surface area contributed by atoms with Crippen molar-refractivity contribution in [2.45, 2.75) is 90.6 Å². The topological polar surface area (TPSA) is 151 Å². The summed E-state index contributed by atoms with van der Waals surface area (Å²) in [6.07, 6.45) is 6.61. The molecule has 1 saturated heterocycles. The fourth-order valence-electron chi connectivity index (χ4n) is 5.01. The van der Waals surface area contributed by atoms with Crippen molar-refractivity contribution in [3.8, 4) is 0 Å². The number of amides is 4. The highest BCUT2D eigenvalue weighted by molar-refractivity contribution is 6.10. The van der Waals surface area contributed by atoms with E-state index in [1.807, 2.05) is 13.8 Å². The number of nitrogen functional groups attached to an aromatic ring is 1. The van der Waals surface area contributed by atoms with Crippen molar-refractivity contribution in [1.29, 1.82) is 0 Å². The molecule has 35 heavy (non-hydrogen) atoms. The number of nitrogens with one attached hydrogen (secondary N) is 2. The molecule has 4 amide bonds. The summed E-state index contributed by atoms with van der Waals surface area (Å²) in [6.45, 7) is 5.99. The monoisotopic (exact) mass is 490 g/mol. The first-order valence-corrected chi connectivity index (χ1v) is 12.8. The number of hydrogen-bond acceptors (Lipinski definition) is 6. The van der Waals surface area contributed by atoms with Gasteiger partial charge in [0.2, 0.25) is 5.91 Å². The minimum Gasteiger partial charge on any atom is -0.383 e. The van der Waals surface area contributed by atoms with Gasteiger partial charge < -0.3 is 16.0 Å². The molecule has 0 aromatic carbocycles. The van der Waals surface area contributed by atoms with Crippen LogP contribution in [0.4, 0.5) is 16.3 Å². The standard InChI is InChI=1S/C24H38N6O5/c1-4-7-13-28(18-19(25)29(14-8-5-2)22(34)26-20(18)32)17(31)15-30-21(33)24(27-23(30)35)11-9-16(6-3)10-12-24/h16H,4-15,25H2,1-3H3,(H,27,35)(H,26,32,34). The van der Waals surface area contributed by atoms with E-state index in [1.165, 1.54) is 9.47 Å². The Kier molecular flexibility index (Phi) is 8.39. The number of urea groups is 1. The van der Waals surface area contributed by atoms with E-state index in [4.69, 9.17) is 5.73 Å². The van der Waals surface area contributed by atoms with Gasteiger partial charge in [-0.2, -0.15) is 0 Å². The summed E-state index contributed by atoms with van der Waals surface area (Å²) >= 11 is 0. The lowest BCUT2D eigenvalue weighted by Gasteiger charge is -2.34. The first kappa shape index (κ1) is 26.5. The molecule has 1 aromatic heterocycles. The molecule has 194 valence electrons. The Morgan fingerprint density at radius 3 is 2.34 bits per heavy atom. The average Bonchev–Trinajstić information content (AvgIpc) is 3.05. The Hall–Kier alpha value is -3.11. The lowest BCUT2D eigenvalue weighted by molar-refractivity contribution is -0.135. The van der Waals surface area contributed by atoms with Crippen LogP contribution in [0.3, 0.4) is 0 Å². The SMILES string of the molecule is CCCCN(C(=O)CN1C(=O)NC2(CCC(CC)CC2)C1=O)c1c(N)n(CCCC)c(=O)[nH]c1=O. The van der Waals surface area contributed by atoms with Crippen LogP contribution in [0.5, 0.6) is 0 Å². The van der Waals surface area contributed by atoms with Crippen molar-refractivity contribution < 1.29 is 14.4 Å². The number of H-pyrrole nitrogens is 1. The molecule has 1 aromatic rings. The molecule has 0 bridgehead atoms. The molecule has 1 saturated carbocycles. The summed E-state index contributed by atoms with van der Waals surface area (Å²) < 4.78 is 1.25. The predicted molar refractivity (Wildman–Crippen MR) is 133 cm³/mol. The Morgan fingerprint density at radius 2 is 1.74 bits per heavy atom. The molecule has 11 heteroatoms. The number of nitrogens with two attached hydrogens (primary N) is 1. The Bertz CT molecular complexity index is 1070. The van der Waals surface area contributed by atoms with Gasteiger partial charge >= 0.3 is 11.7 Å². The number of hydrogen-bond donors (Lipinski definition) is 3. The summed E-state index contributed by atoms with van der Waals surface area (Å²) in [7, 11) is 0. The molecule has 11 nitrogen and oxygen atoms in total. The highest BCUT2D eigenvalue weighted by atomic mass is 16.2. The second-order valence-electron chi connectivity index (χ2n) is 9.65. The molecule has 2 fully saturated rings. The predicted octanol–water partition coefficient (Wildman–Crippen LogP) is 1.94. The van der Waals surface area contributed by atoms with Crippen LogP contribution in [-0.2, 0) is 16.1 Å². The van der Waals surface area contributed by atoms with E-state index in [9.17, 15) is 24.0 Å². The summed E-state index contributed by atoms with van der Waals surface area (Å²) in [5, 5.41) is 2.83. The first-order valence-electron chi connectivity index (χ1n) is 12.8. The molecule has 2 aliphatic rings. The highest BCUT2D eigenvalue weighted by Gasteiger charge is 2.52. The second kappa shape index (κ2) is 11.1. The van der Waals surface area contributed by atoms with Crippen LogP contribution in [0, 0.1) is 5.92 Å². The van der Waals surface area contributed by atoms with E-state index in [0.717, 1.165) is 37.0 Å². The summed E-state index contributed by atoms with van der Waals surface area (Å²) in [5.74, 6) is -0.554. The summed E-state index contributed by atoms with van der Waals surface area (Å²) in [4.78, 5) is 69.0. The highest BCUT2D eigenvalue weighted by Crippen LogP contribution is 2.37. The third kappa shape index (κ3) is 5.28. The quantitative estimate of drug-likeness (QED) is 0.427. The van der Waals surface area contributed by atoms with E-state index in [2.05, 4.69) is 17.2 Å². The summed E-state index contributed by atoms with van der Waals surface area (Å²) in [5.41, 5.74) is 3.75. The Morgan fingerprint density at radius 1 is 1.09 bits per heavy atom. The minimum atomic E-state index is -0.957. The Labute approximate surface area is 205 Å². The normalized spacial score (nSPS) is 22.0. The number of rotatable bonds is 10. The van der Waals surface area contributed by atoms with Crippen LogP contribution in [0.1, 0.15) is 78.6 Å². The van der Waals surface area contributed by atoms with Gasteiger partial charge in [0.15, 0.2) is 5.69 Å². The van der Waals surface area contributed by atoms with Gasteiger partial charge in [-0.05, 0) is 44.4 Å². The van der Waals surface area contributed by atoms with Gasteiger partial charge in [-0.1, -0.05) is 40.0 Å². The largest absolute Gasteiger partial charge is 0.383 e. The molecule has 4 N–H and O–H groups in total. The first-order chi connectivity index (χ1) is 16.7. The van der Waals surface area contributed by atoms with Crippen molar-refractivity contribution >= 4 is 29.4 Å². The average molecular weight is 491 g/mol. The zero-order valence-corrected chi connectivity index (χ0v) is 21.0. The number of imide groups is 1. The molecular formula is C24H38N6O5. The number of unbranched alkanes of at least 4 members (excludes halogenated alkanes) is 2. The molecule has 0 atom stereocenters. The number of aromatic amines is 1. The third-order valence-corrected chi connectivity index (χ3v) is 7.33. The van der Waals surface area contributed by atoms with E-state index < -0.39 is 41.2 Å². The molecule has 1 spiro atoms. The van der Waals surface area contributed by atoms with Gasteiger partial charge in [-0.25, -0.2) is 9.59 Å². The maximum Gasteiger partial charge on any atom is 0.330 e. The third-order valence-electron chi connectivity index (χ3n) is 7.33. The number of aromatic nitrogens is 2. The molecular weight excluding hydrogens is 452 g/mol. The van der Waals surface area contributed by atoms with Gasteiger partial charge in [-0.3, -0.25) is 28.8 Å². The maximum atomic E-state index is 13.4. The van der Waals surface area contributed by atoms with Crippen molar-refractivity contribution in [1.82, 2.24) is 19.8 Å². The van der Waals surface area contributed by atoms with Crippen molar-refractivity contribution in [2.24, 2.45) is 5.92 Å². The smallest absolute Gasteiger partial charge is 0.330 e. The van der Waals surface area contributed by atoms with Crippen LogP contribution in [-0.4, -0.2) is 50.9 Å². The molecule has 1 aliphatic heterocycles. The van der Waals surface area contributed by atoms with E-state index in [0.29, 0.717) is 38.1 Å². The fraction of sp³-hybridized carbons (Fsp3) is 0.708. The van der Waals surface area contributed by atoms with Crippen LogP contribution in [0.25, 0.3) is 0 Å². The molecule has 0 radical (unpaired) electrons. The van der Waals surface area contributed by atoms with Gasteiger partial charge in [0.1, 0.15) is 17.9 Å². The number of anilines is 2. The maximum absolute atomic E-state index is 13.4. The van der Waals surface area contributed by atoms with Gasteiger partial charge in [0.05, 0.1) is 0 Å². The van der Waals surface area contributed by atoms with Crippen LogP contribution < -0.4 is 27.2 Å². The van der Waals surface area contributed by atoms with Crippen molar-refractivity contribution in [3.05, 3.63) is 20.8 Å². The van der Waals surface area contributed by atoms with Crippen LogP contribution in [0.2, 0.25) is 0 Å². The lowest BCUT2D eigenvalue weighted by Crippen LogP contribution is -2.50. The van der Waals surface area contributed by atoms with Gasteiger partial charge in [0.25, 0.3) is 11.5 Å². The number of carbonyl (C=O) groups is 3. The van der Waals surface area contributed by atoms with E-state index in [1.54, 1.807) is 0 Å². The number of carbonyl (C=O) groups excluding carboxylic acids is 3. The molecule has 3 rings (SSSR count). The minimum absolute atomic E-state index is 0.0942. The zero-order chi connectivity index (χ0) is 25.8. The fourth-order valence-corrected chi connectivity index (χ4v) is 5.01. The Balaban J connectivity index is 1.88. The van der Waals surface area contributed by atoms with Crippen LogP contribution in [0.15, 0.2) is 9.59 Å². The summed E-state index contributed by atoms with van der Waals surface area (Å²) in [6, 6.07) is -0.594. The molecule has 0 unspecified atom stereocenters. The lowest BCUT2D eigenvalue weighted by atomic mass is 9.75. The molecule has 1 aliphatic carbocycles.